The van der Waals surface area contributed by atoms with Gasteiger partial charge >= 0.3 is 55.8 Å². The van der Waals surface area contributed by atoms with Crippen LogP contribution in [0.4, 0.5) is 79.0 Å². The molecule has 3 aromatic carbocycles. The van der Waals surface area contributed by atoms with Crippen LogP contribution in [0.3, 0.4) is 0 Å². The van der Waals surface area contributed by atoms with E-state index in [9.17, 15) is 95.9 Å². The van der Waals surface area contributed by atoms with E-state index < -0.39 is 142 Å². The van der Waals surface area contributed by atoms with E-state index in [2.05, 4.69) is 9.47 Å². The van der Waals surface area contributed by atoms with Crippen molar-refractivity contribution in [3.05, 3.63) is 78.9 Å². The molecule has 0 spiro atoms. The Morgan fingerprint density at radius 2 is 0.811 bits per heavy atom. The lowest BCUT2D eigenvalue weighted by atomic mass is 9.67. The summed E-state index contributed by atoms with van der Waals surface area (Å²) >= 11 is 0. The Hall–Kier alpha value is -3.95. The predicted octanol–water partition coefficient (Wildman–Crippen LogP) is 10.3. The van der Waals surface area contributed by atoms with Gasteiger partial charge in [-0.15, -0.1) is 0 Å². The lowest BCUT2D eigenvalue weighted by Gasteiger charge is -2.57. The largest absolute Gasteiger partial charge is 0.512 e. The van der Waals surface area contributed by atoms with E-state index in [1.165, 1.54) is 0 Å². The number of fused-ring (bicyclic) bond motifs is 10. The quantitative estimate of drug-likeness (QED) is 0.100. The summed E-state index contributed by atoms with van der Waals surface area (Å²) in [5.41, 5.74) is -20.6. The second kappa shape index (κ2) is 18.9. The minimum Gasteiger partial charge on any atom is -0.468 e. The maximum Gasteiger partial charge on any atom is 0.512 e. The number of halogens is 18. The summed E-state index contributed by atoms with van der Waals surface area (Å²) < 4.78 is 304. The molecule has 412 valence electrons. The molecule has 6 aliphatic rings. The number of hydrogen-bond donors (Lipinski definition) is 1. The number of ether oxygens (including phenoxy) is 6. The van der Waals surface area contributed by atoms with Gasteiger partial charge in [0.2, 0.25) is 0 Å². The van der Waals surface area contributed by atoms with Crippen molar-refractivity contribution in [3.8, 4) is 11.5 Å². The van der Waals surface area contributed by atoms with Gasteiger partial charge in [-0.3, -0.25) is 0 Å². The van der Waals surface area contributed by atoms with Crippen LogP contribution in [0, 0.1) is 35.5 Å². The van der Waals surface area contributed by atoms with Crippen LogP contribution in [-0.4, -0.2) is 102 Å². The summed E-state index contributed by atoms with van der Waals surface area (Å²) in [6.07, 6.45) is -25.5. The lowest BCUT2D eigenvalue weighted by Crippen LogP contribution is -2.76. The Balaban J connectivity index is 0.000000423. The fourth-order valence-electron chi connectivity index (χ4n) is 11.0. The highest BCUT2D eigenvalue weighted by Gasteiger charge is 2.88. The molecule has 10 unspecified atom stereocenters. The molecule has 4 aliphatic carbocycles. The summed E-state index contributed by atoms with van der Waals surface area (Å²) in [4.78, 5) is 2.81. The number of rotatable bonds is 13. The molecule has 1 N–H and O–H groups in total. The Kier molecular flexibility index (Phi) is 14.4. The van der Waals surface area contributed by atoms with Gasteiger partial charge in [0.15, 0.2) is 28.3 Å². The number of sulfonamides is 2. The molecule has 9 rings (SSSR count). The fourth-order valence-corrected chi connectivity index (χ4v) is 15.0. The molecule has 3 aromatic rings. The van der Waals surface area contributed by atoms with Gasteiger partial charge < -0.3 is 28.4 Å². The first kappa shape index (κ1) is 56.3. The van der Waals surface area contributed by atoms with E-state index in [0.29, 0.717) is 11.5 Å². The Morgan fingerprint density at radius 3 is 1.11 bits per heavy atom. The number of nitrogens with one attached hydrogen (secondary N) is 1. The van der Waals surface area contributed by atoms with E-state index in [0.717, 1.165) is 14.7 Å². The molecule has 2 aliphatic heterocycles. The first-order chi connectivity index (χ1) is 34.0. The lowest BCUT2D eigenvalue weighted by molar-refractivity contribution is -0.473. The Morgan fingerprint density at radius 1 is 0.486 bits per heavy atom. The zero-order valence-corrected chi connectivity index (χ0v) is 39.1. The highest BCUT2D eigenvalue weighted by molar-refractivity contribution is 8.05. The van der Waals surface area contributed by atoms with Crippen molar-refractivity contribution in [1.82, 2.24) is 4.13 Å². The average molecular weight is 1150 g/mol. The molecule has 6 fully saturated rings. The van der Waals surface area contributed by atoms with Crippen molar-refractivity contribution in [2.75, 3.05) is 13.6 Å². The molecule has 2 saturated heterocycles. The van der Waals surface area contributed by atoms with Gasteiger partial charge in [0.05, 0.1) is 35.3 Å². The third-order valence-electron chi connectivity index (χ3n) is 14.0. The van der Waals surface area contributed by atoms with Crippen molar-refractivity contribution in [1.29, 1.82) is 0 Å². The van der Waals surface area contributed by atoms with Crippen LogP contribution in [0.2, 0.25) is 0 Å². The van der Waals surface area contributed by atoms with E-state index >= 15 is 0 Å². The van der Waals surface area contributed by atoms with Gasteiger partial charge in [-0.05, 0) is 98.2 Å². The SMILES string of the molecule is FC(F)(F)C1(C(F)(F)F)OC2C3CC(CC3OCOc3ccc([S+](c4ccccc4)c4ccc(OCOC5CC6CC5C5OC(C(F)(F)F)(C(F)(F)F)C65)cc4)cc3)C21.O=S(=O)(NS(=O)(=O)C(F)(F)F)C(F)(F)F. The van der Waals surface area contributed by atoms with E-state index in [4.69, 9.17) is 18.9 Å². The monoisotopic (exact) mass is 1150 g/mol. The van der Waals surface area contributed by atoms with Crippen LogP contribution >= 0.6 is 0 Å². The van der Waals surface area contributed by atoms with E-state index in [-0.39, 0.29) is 39.3 Å². The van der Waals surface area contributed by atoms with Crippen LogP contribution in [0.1, 0.15) is 25.7 Å². The average Bonchev–Trinajstić information content (AvgIpc) is 3.96. The van der Waals surface area contributed by atoms with Crippen molar-refractivity contribution in [2.45, 2.75) is 112 Å². The third-order valence-corrected chi connectivity index (χ3v) is 19.2. The molecule has 4 bridgehead atoms. The molecule has 4 saturated carbocycles. The zero-order valence-electron chi connectivity index (χ0n) is 36.6. The highest BCUT2D eigenvalue weighted by Crippen LogP contribution is 2.71. The molecule has 32 heteroatoms. The maximum atomic E-state index is 13.6. The molecule has 0 aromatic heterocycles. The standard InChI is InChI=1S/C40H35F12O6S.C2HF6NO4S2/c41-37(42,43)35(38(44,45)46)31-20-14-27(33(31)57-35)29(16-20)55-18-53-22-6-10-25(11-7-22)59(24-4-2-1-3-5-24)26-12-8-23(9-13-26)54-19-56-30-17-21-15-28(30)34-32(21)36(58-34,39(47,48)49)40(50,51)52;3-1(4,5)14(10,11)9-15(12,13)2(6,7)8/h1-13,20-21,27-34H,14-19H2;9H/q+1;. The second-order valence-electron chi connectivity index (χ2n) is 17.9. The molecule has 0 amide bonds. The molecular weight excluding hydrogens is 1120 g/mol. The van der Waals surface area contributed by atoms with E-state index in [1.807, 2.05) is 54.6 Å². The minimum atomic E-state index is -6.60. The van der Waals surface area contributed by atoms with Crippen molar-refractivity contribution in [2.24, 2.45) is 35.5 Å². The molecule has 0 radical (unpaired) electrons. The molecule has 2 heterocycles. The first-order valence-electron chi connectivity index (χ1n) is 21.5. The predicted molar refractivity (Wildman–Crippen MR) is 214 cm³/mol. The summed E-state index contributed by atoms with van der Waals surface area (Å²) in [6.45, 7) is -0.533. The zero-order chi connectivity index (χ0) is 54.6. The Labute approximate surface area is 409 Å². The Bertz CT molecular complexity index is 2520. The minimum absolute atomic E-state index is 0.0446. The van der Waals surface area contributed by atoms with Crippen LogP contribution in [0.5, 0.6) is 11.5 Å². The summed E-state index contributed by atoms with van der Waals surface area (Å²) in [6, 6.07) is 24.0. The highest BCUT2D eigenvalue weighted by atomic mass is 32.3. The van der Waals surface area contributed by atoms with Crippen LogP contribution in [0.25, 0.3) is 0 Å². The second-order valence-corrected chi connectivity index (χ2v) is 23.6. The van der Waals surface area contributed by atoms with Crippen LogP contribution in [0.15, 0.2) is 93.5 Å². The molecular formula is C42H36F18NO10S3+. The van der Waals surface area contributed by atoms with E-state index in [1.54, 1.807) is 24.3 Å². The van der Waals surface area contributed by atoms with Gasteiger partial charge in [-0.2, -0.15) is 79.0 Å². The van der Waals surface area contributed by atoms with Crippen LogP contribution < -0.4 is 13.6 Å². The maximum absolute atomic E-state index is 13.6. The fraction of sp³-hybridized carbons (Fsp3) is 0.571. The van der Waals surface area contributed by atoms with Gasteiger partial charge in [0, 0.05) is 23.7 Å². The van der Waals surface area contributed by atoms with Crippen molar-refractivity contribution >= 4 is 30.9 Å². The normalized spacial score (nSPS) is 29.5. The summed E-state index contributed by atoms with van der Waals surface area (Å²) in [5.74, 6) is -5.40. The molecule has 10 atom stereocenters. The number of benzene rings is 3. The summed E-state index contributed by atoms with van der Waals surface area (Å²) in [5, 5.41) is 0. The third kappa shape index (κ3) is 9.65. The smallest absolute Gasteiger partial charge is 0.468 e. The van der Waals surface area contributed by atoms with Crippen LogP contribution in [-0.2, 0) is 49.9 Å². The van der Waals surface area contributed by atoms with Gasteiger partial charge in [0.1, 0.15) is 11.5 Å². The van der Waals surface area contributed by atoms with Gasteiger partial charge in [0.25, 0.3) is 11.2 Å². The molecule has 74 heavy (non-hydrogen) atoms. The first-order valence-corrected chi connectivity index (χ1v) is 25.7. The summed E-state index contributed by atoms with van der Waals surface area (Å²) in [7, 11) is -13.8. The van der Waals surface area contributed by atoms with Gasteiger partial charge in [-0.1, -0.05) is 22.3 Å². The number of alkyl halides is 18. The van der Waals surface area contributed by atoms with Gasteiger partial charge in [-0.25, -0.2) is 16.8 Å². The van der Waals surface area contributed by atoms with Crippen molar-refractivity contribution in [3.63, 3.8) is 0 Å². The molecule has 11 nitrogen and oxygen atoms in total. The topological polar surface area (TPSA) is 136 Å². The van der Waals surface area contributed by atoms with Crippen molar-refractivity contribution < 1.29 is 124 Å². The number of hydrogen-bond acceptors (Lipinski definition) is 10.